The van der Waals surface area contributed by atoms with E-state index < -0.39 is 0 Å². The fourth-order valence-corrected chi connectivity index (χ4v) is 1.89. The molecular weight excluding hydrogens is 212 g/mol. The Kier molecular flexibility index (Phi) is 3.54. The van der Waals surface area contributed by atoms with Crippen LogP contribution in [0.3, 0.4) is 0 Å². The van der Waals surface area contributed by atoms with Crippen LogP contribution in [0.25, 0.3) is 0 Å². The van der Waals surface area contributed by atoms with E-state index in [0.29, 0.717) is 0 Å². The normalized spacial score (nSPS) is 12.6. The highest BCUT2D eigenvalue weighted by Crippen LogP contribution is 2.13. The third kappa shape index (κ3) is 2.71. The standard InChI is InChI=1S/C13H18N4/c1-3-17-8-7-15-13(17)9-11(14)12-6-4-5-10(2)16-12/h4-8,11H,3,9,14H2,1-2H3. The van der Waals surface area contributed by atoms with E-state index in [1.165, 1.54) is 0 Å². The van der Waals surface area contributed by atoms with Crippen LogP contribution in [-0.4, -0.2) is 14.5 Å². The molecule has 2 heterocycles. The lowest BCUT2D eigenvalue weighted by Gasteiger charge is -2.12. The Balaban J connectivity index is 2.14. The summed E-state index contributed by atoms with van der Waals surface area (Å²) < 4.78 is 2.11. The predicted octanol–water partition coefficient (Wildman–Crippen LogP) is 1.85. The van der Waals surface area contributed by atoms with E-state index in [-0.39, 0.29) is 6.04 Å². The minimum absolute atomic E-state index is 0.0948. The monoisotopic (exact) mass is 230 g/mol. The first-order chi connectivity index (χ1) is 8.20. The number of aromatic nitrogens is 3. The number of rotatable bonds is 4. The summed E-state index contributed by atoms with van der Waals surface area (Å²) in [7, 11) is 0. The van der Waals surface area contributed by atoms with Crippen molar-refractivity contribution >= 4 is 0 Å². The van der Waals surface area contributed by atoms with Gasteiger partial charge >= 0.3 is 0 Å². The minimum atomic E-state index is -0.0948. The van der Waals surface area contributed by atoms with E-state index in [2.05, 4.69) is 21.5 Å². The molecule has 0 fully saturated rings. The molecule has 2 aromatic heterocycles. The van der Waals surface area contributed by atoms with Gasteiger partial charge in [-0.3, -0.25) is 4.98 Å². The fraction of sp³-hybridized carbons (Fsp3) is 0.385. The highest BCUT2D eigenvalue weighted by Gasteiger charge is 2.11. The second-order valence-electron chi connectivity index (χ2n) is 4.14. The summed E-state index contributed by atoms with van der Waals surface area (Å²) in [6.07, 6.45) is 4.51. The number of hydrogen-bond acceptors (Lipinski definition) is 3. The Morgan fingerprint density at radius 3 is 2.94 bits per heavy atom. The zero-order valence-corrected chi connectivity index (χ0v) is 10.3. The Hall–Kier alpha value is -1.68. The molecule has 4 heteroatoms. The van der Waals surface area contributed by atoms with E-state index in [1.807, 2.05) is 37.5 Å². The molecule has 0 amide bonds. The highest BCUT2D eigenvalue weighted by atomic mass is 15.1. The van der Waals surface area contributed by atoms with Gasteiger partial charge in [0.2, 0.25) is 0 Å². The van der Waals surface area contributed by atoms with Gasteiger partial charge < -0.3 is 10.3 Å². The van der Waals surface area contributed by atoms with Crippen molar-refractivity contribution in [1.29, 1.82) is 0 Å². The Morgan fingerprint density at radius 2 is 2.24 bits per heavy atom. The second-order valence-corrected chi connectivity index (χ2v) is 4.14. The first-order valence-electron chi connectivity index (χ1n) is 5.90. The van der Waals surface area contributed by atoms with Crippen LogP contribution >= 0.6 is 0 Å². The van der Waals surface area contributed by atoms with Gasteiger partial charge in [0.15, 0.2) is 0 Å². The van der Waals surface area contributed by atoms with Crippen molar-refractivity contribution in [2.75, 3.05) is 0 Å². The highest BCUT2D eigenvalue weighted by molar-refractivity contribution is 5.14. The zero-order chi connectivity index (χ0) is 12.3. The van der Waals surface area contributed by atoms with E-state index in [0.717, 1.165) is 30.2 Å². The van der Waals surface area contributed by atoms with E-state index >= 15 is 0 Å². The molecule has 0 spiro atoms. The summed E-state index contributed by atoms with van der Waals surface area (Å²) in [5, 5.41) is 0. The molecule has 0 saturated carbocycles. The van der Waals surface area contributed by atoms with Crippen LogP contribution in [0.2, 0.25) is 0 Å². The van der Waals surface area contributed by atoms with Crippen LogP contribution in [0.5, 0.6) is 0 Å². The maximum atomic E-state index is 6.16. The lowest BCUT2D eigenvalue weighted by molar-refractivity contribution is 0.616. The van der Waals surface area contributed by atoms with E-state index in [1.54, 1.807) is 0 Å². The number of hydrogen-bond donors (Lipinski definition) is 1. The first-order valence-corrected chi connectivity index (χ1v) is 5.90. The molecule has 1 unspecified atom stereocenters. The van der Waals surface area contributed by atoms with Gasteiger partial charge in [0.25, 0.3) is 0 Å². The molecule has 17 heavy (non-hydrogen) atoms. The second kappa shape index (κ2) is 5.10. The van der Waals surface area contributed by atoms with Crippen LogP contribution in [0.15, 0.2) is 30.6 Å². The van der Waals surface area contributed by atoms with Crippen molar-refractivity contribution in [3.63, 3.8) is 0 Å². The predicted molar refractivity (Wildman–Crippen MR) is 67.5 cm³/mol. The molecule has 2 rings (SSSR count). The minimum Gasteiger partial charge on any atom is -0.335 e. The quantitative estimate of drug-likeness (QED) is 0.872. The van der Waals surface area contributed by atoms with Crippen LogP contribution < -0.4 is 5.73 Å². The molecule has 2 aromatic rings. The molecule has 0 aliphatic rings. The average Bonchev–Trinajstić information content (AvgIpc) is 2.76. The number of nitrogens with zero attached hydrogens (tertiary/aromatic N) is 3. The number of aryl methyl sites for hydroxylation is 2. The molecule has 0 aliphatic heterocycles. The maximum Gasteiger partial charge on any atom is 0.110 e. The van der Waals surface area contributed by atoms with Gasteiger partial charge in [0, 0.05) is 31.1 Å². The molecule has 0 aromatic carbocycles. The number of pyridine rings is 1. The summed E-state index contributed by atoms with van der Waals surface area (Å²) in [6, 6.07) is 5.84. The Morgan fingerprint density at radius 1 is 1.41 bits per heavy atom. The largest absolute Gasteiger partial charge is 0.335 e. The molecule has 0 aliphatic carbocycles. The van der Waals surface area contributed by atoms with Gasteiger partial charge in [0.1, 0.15) is 5.82 Å². The topological polar surface area (TPSA) is 56.7 Å². The van der Waals surface area contributed by atoms with Gasteiger partial charge in [-0.2, -0.15) is 0 Å². The Bertz CT molecular complexity index is 490. The van der Waals surface area contributed by atoms with Crippen molar-refractivity contribution in [1.82, 2.24) is 14.5 Å². The van der Waals surface area contributed by atoms with Crippen molar-refractivity contribution in [2.24, 2.45) is 5.73 Å². The third-order valence-electron chi connectivity index (χ3n) is 2.83. The third-order valence-corrected chi connectivity index (χ3v) is 2.83. The van der Waals surface area contributed by atoms with Gasteiger partial charge in [0.05, 0.1) is 11.7 Å². The van der Waals surface area contributed by atoms with Crippen molar-refractivity contribution in [3.8, 4) is 0 Å². The summed E-state index contributed by atoms with van der Waals surface area (Å²) in [5.41, 5.74) is 8.09. The van der Waals surface area contributed by atoms with Gasteiger partial charge in [-0.1, -0.05) is 6.07 Å². The lowest BCUT2D eigenvalue weighted by atomic mass is 10.1. The molecule has 0 saturated heterocycles. The van der Waals surface area contributed by atoms with Crippen LogP contribution in [-0.2, 0) is 13.0 Å². The lowest BCUT2D eigenvalue weighted by Crippen LogP contribution is -2.17. The number of imidazole rings is 1. The molecule has 0 radical (unpaired) electrons. The van der Waals surface area contributed by atoms with Gasteiger partial charge in [-0.05, 0) is 26.0 Å². The molecule has 2 N–H and O–H groups in total. The van der Waals surface area contributed by atoms with Crippen LogP contribution in [0, 0.1) is 6.92 Å². The van der Waals surface area contributed by atoms with E-state index in [4.69, 9.17) is 5.73 Å². The fourth-order valence-electron chi connectivity index (χ4n) is 1.89. The maximum absolute atomic E-state index is 6.16. The van der Waals surface area contributed by atoms with Crippen LogP contribution in [0.4, 0.5) is 0 Å². The Labute approximate surface area is 102 Å². The molecule has 1 atom stereocenters. The average molecular weight is 230 g/mol. The van der Waals surface area contributed by atoms with Gasteiger partial charge in [-0.15, -0.1) is 0 Å². The van der Waals surface area contributed by atoms with E-state index in [9.17, 15) is 0 Å². The smallest absolute Gasteiger partial charge is 0.110 e. The molecule has 0 bridgehead atoms. The zero-order valence-electron chi connectivity index (χ0n) is 10.3. The van der Waals surface area contributed by atoms with Crippen molar-refractivity contribution < 1.29 is 0 Å². The molecule has 90 valence electrons. The number of nitrogens with two attached hydrogens (primary N) is 1. The molecule has 4 nitrogen and oxygen atoms in total. The summed E-state index contributed by atoms with van der Waals surface area (Å²) in [4.78, 5) is 8.78. The molecular formula is C13H18N4. The van der Waals surface area contributed by atoms with Gasteiger partial charge in [-0.25, -0.2) is 4.98 Å². The van der Waals surface area contributed by atoms with Crippen molar-refractivity contribution in [3.05, 3.63) is 47.8 Å². The van der Waals surface area contributed by atoms with Crippen molar-refractivity contribution in [2.45, 2.75) is 32.9 Å². The summed E-state index contributed by atoms with van der Waals surface area (Å²) in [6.45, 7) is 4.99. The van der Waals surface area contributed by atoms with Crippen LogP contribution in [0.1, 0.15) is 30.2 Å². The SMILES string of the molecule is CCn1ccnc1CC(N)c1cccc(C)n1. The summed E-state index contributed by atoms with van der Waals surface area (Å²) in [5.74, 6) is 1.02. The first kappa shape index (κ1) is 11.8. The summed E-state index contributed by atoms with van der Waals surface area (Å²) >= 11 is 0.